The van der Waals surface area contributed by atoms with Crippen molar-refractivity contribution in [2.45, 2.75) is 18.4 Å². The molecule has 1 heterocycles. The molecular weight excluding hydrogens is 308 g/mol. The minimum absolute atomic E-state index is 0.541. The maximum atomic E-state index is 5.94. The van der Waals surface area contributed by atoms with Crippen LogP contribution >= 0.6 is 11.8 Å². The molecule has 5 heteroatoms. The number of aryl methyl sites for hydroxylation is 1. The summed E-state index contributed by atoms with van der Waals surface area (Å²) in [5, 5.41) is 3.98. The highest BCUT2D eigenvalue weighted by Gasteiger charge is 2.11. The number of ether oxygens (including phenoxy) is 1. The van der Waals surface area contributed by atoms with Crippen LogP contribution in [0.3, 0.4) is 0 Å². The highest BCUT2D eigenvalue weighted by atomic mass is 32.2. The van der Waals surface area contributed by atoms with Gasteiger partial charge in [0.25, 0.3) is 0 Å². The van der Waals surface area contributed by atoms with Gasteiger partial charge in [-0.3, -0.25) is 0 Å². The topological polar surface area (TPSA) is 61.3 Å². The Morgan fingerprint density at radius 1 is 1.09 bits per heavy atom. The number of aromatic nitrogens is 1. The monoisotopic (exact) mass is 326 g/mol. The van der Waals surface area contributed by atoms with Crippen molar-refractivity contribution in [2.75, 3.05) is 12.0 Å². The fraction of sp³-hybridized carbons (Fsp3) is 0.167. The number of thioether (sulfide) groups is 1. The predicted octanol–water partition coefficient (Wildman–Crippen LogP) is 4.53. The van der Waals surface area contributed by atoms with Gasteiger partial charge < -0.3 is 15.0 Å². The van der Waals surface area contributed by atoms with Crippen LogP contribution in [0.4, 0.5) is 5.69 Å². The van der Waals surface area contributed by atoms with Crippen molar-refractivity contribution in [3.63, 3.8) is 0 Å². The lowest BCUT2D eigenvalue weighted by Gasteiger charge is -2.07. The van der Waals surface area contributed by atoms with Crippen LogP contribution in [0.15, 0.2) is 57.9 Å². The van der Waals surface area contributed by atoms with E-state index >= 15 is 0 Å². The summed E-state index contributed by atoms with van der Waals surface area (Å²) in [6, 6.07) is 16.0. The fourth-order valence-electron chi connectivity index (χ4n) is 2.18. The molecule has 118 valence electrons. The zero-order chi connectivity index (χ0) is 16.2. The molecule has 0 aliphatic rings. The standard InChI is InChI=1S/C18H18N2O2S/c1-12-17(19)18(20-22-12)14-5-7-15(8-6-14)21-11-13-3-9-16(23-2)10-4-13/h3-10H,11,19H2,1-2H3. The number of anilines is 1. The summed E-state index contributed by atoms with van der Waals surface area (Å²) in [4.78, 5) is 1.25. The highest BCUT2D eigenvalue weighted by molar-refractivity contribution is 7.98. The van der Waals surface area contributed by atoms with Gasteiger partial charge in [-0.2, -0.15) is 0 Å². The number of rotatable bonds is 5. The molecule has 0 fully saturated rings. The van der Waals surface area contributed by atoms with Crippen LogP contribution in [0, 0.1) is 6.92 Å². The van der Waals surface area contributed by atoms with Crippen LogP contribution in [0.5, 0.6) is 5.75 Å². The maximum absolute atomic E-state index is 5.94. The summed E-state index contributed by atoms with van der Waals surface area (Å²) < 4.78 is 10.9. The molecule has 2 aromatic carbocycles. The molecule has 0 aliphatic carbocycles. The summed E-state index contributed by atoms with van der Waals surface area (Å²) in [5.74, 6) is 1.44. The van der Waals surface area contributed by atoms with Gasteiger partial charge in [0.15, 0.2) is 5.76 Å². The number of nitrogen functional groups attached to an aromatic ring is 1. The first-order chi connectivity index (χ1) is 11.2. The number of nitrogens with zero attached hydrogens (tertiary/aromatic N) is 1. The minimum Gasteiger partial charge on any atom is -0.489 e. The first kappa shape index (κ1) is 15.5. The van der Waals surface area contributed by atoms with Crippen LogP contribution in [-0.2, 0) is 6.61 Å². The summed E-state index contributed by atoms with van der Waals surface area (Å²) >= 11 is 1.73. The van der Waals surface area contributed by atoms with Crippen molar-refractivity contribution in [3.05, 3.63) is 59.9 Å². The largest absolute Gasteiger partial charge is 0.489 e. The average Bonchev–Trinajstić information content (AvgIpc) is 2.93. The van der Waals surface area contributed by atoms with E-state index < -0.39 is 0 Å². The molecule has 0 saturated carbocycles. The molecule has 0 amide bonds. The lowest BCUT2D eigenvalue weighted by molar-refractivity contribution is 0.306. The van der Waals surface area contributed by atoms with Crippen LogP contribution in [0.2, 0.25) is 0 Å². The molecular formula is C18H18N2O2S. The van der Waals surface area contributed by atoms with E-state index in [-0.39, 0.29) is 0 Å². The third-order valence-electron chi connectivity index (χ3n) is 3.60. The Labute approximate surface area is 139 Å². The Morgan fingerprint density at radius 3 is 2.35 bits per heavy atom. The molecule has 0 bridgehead atoms. The van der Waals surface area contributed by atoms with E-state index in [0.717, 1.165) is 16.9 Å². The molecule has 0 saturated heterocycles. The average molecular weight is 326 g/mol. The van der Waals surface area contributed by atoms with E-state index in [1.807, 2.05) is 24.3 Å². The molecule has 0 radical (unpaired) electrons. The van der Waals surface area contributed by atoms with Crippen LogP contribution in [0.25, 0.3) is 11.3 Å². The van der Waals surface area contributed by atoms with Crippen LogP contribution in [0.1, 0.15) is 11.3 Å². The predicted molar refractivity (Wildman–Crippen MR) is 93.6 cm³/mol. The van der Waals surface area contributed by atoms with Gasteiger partial charge >= 0.3 is 0 Å². The van der Waals surface area contributed by atoms with Crippen molar-refractivity contribution >= 4 is 17.4 Å². The number of hydrogen-bond donors (Lipinski definition) is 1. The van der Waals surface area contributed by atoms with Gasteiger partial charge in [0.05, 0.1) is 0 Å². The van der Waals surface area contributed by atoms with E-state index in [1.165, 1.54) is 4.90 Å². The van der Waals surface area contributed by atoms with Gasteiger partial charge in [-0.15, -0.1) is 11.8 Å². The molecule has 3 aromatic rings. The second-order valence-corrected chi connectivity index (χ2v) is 6.04. The Kier molecular flexibility index (Phi) is 4.57. The van der Waals surface area contributed by atoms with E-state index in [2.05, 4.69) is 35.7 Å². The zero-order valence-corrected chi connectivity index (χ0v) is 13.9. The van der Waals surface area contributed by atoms with Crippen molar-refractivity contribution in [1.82, 2.24) is 5.16 Å². The number of hydrogen-bond acceptors (Lipinski definition) is 5. The molecule has 0 unspecified atom stereocenters. The van der Waals surface area contributed by atoms with E-state index in [0.29, 0.717) is 23.7 Å². The Bertz CT molecular complexity index is 780. The Morgan fingerprint density at radius 2 is 1.78 bits per heavy atom. The maximum Gasteiger partial charge on any atom is 0.157 e. The third-order valence-corrected chi connectivity index (χ3v) is 4.34. The lowest BCUT2D eigenvalue weighted by Crippen LogP contribution is -1.95. The van der Waals surface area contributed by atoms with Gasteiger partial charge in [-0.1, -0.05) is 17.3 Å². The highest BCUT2D eigenvalue weighted by Crippen LogP contribution is 2.28. The summed E-state index contributed by atoms with van der Waals surface area (Å²) in [7, 11) is 0. The van der Waals surface area contributed by atoms with E-state index in [1.54, 1.807) is 18.7 Å². The first-order valence-electron chi connectivity index (χ1n) is 7.25. The molecule has 0 aliphatic heterocycles. The van der Waals surface area contributed by atoms with Gasteiger partial charge in [-0.05, 0) is 55.1 Å². The van der Waals surface area contributed by atoms with Crippen molar-refractivity contribution in [2.24, 2.45) is 0 Å². The first-order valence-corrected chi connectivity index (χ1v) is 8.48. The Hall–Kier alpha value is -2.40. The molecule has 23 heavy (non-hydrogen) atoms. The molecule has 1 aromatic heterocycles. The van der Waals surface area contributed by atoms with Crippen LogP contribution in [-0.4, -0.2) is 11.4 Å². The number of benzene rings is 2. The normalized spacial score (nSPS) is 10.7. The molecule has 0 spiro atoms. The second kappa shape index (κ2) is 6.79. The van der Waals surface area contributed by atoms with Gasteiger partial charge in [0.2, 0.25) is 0 Å². The Balaban J connectivity index is 1.66. The smallest absolute Gasteiger partial charge is 0.157 e. The second-order valence-electron chi connectivity index (χ2n) is 5.16. The molecule has 2 N–H and O–H groups in total. The molecule has 0 atom stereocenters. The third kappa shape index (κ3) is 3.51. The van der Waals surface area contributed by atoms with Crippen molar-refractivity contribution in [1.29, 1.82) is 0 Å². The van der Waals surface area contributed by atoms with Gasteiger partial charge in [0, 0.05) is 10.5 Å². The van der Waals surface area contributed by atoms with E-state index in [4.69, 9.17) is 15.0 Å². The SMILES string of the molecule is CSc1ccc(COc2ccc(-c3noc(C)c3N)cc2)cc1. The van der Waals surface area contributed by atoms with Gasteiger partial charge in [0.1, 0.15) is 23.7 Å². The minimum atomic E-state index is 0.541. The van der Waals surface area contributed by atoms with Crippen LogP contribution < -0.4 is 10.5 Å². The van der Waals surface area contributed by atoms with Crippen molar-refractivity contribution in [3.8, 4) is 17.0 Å². The fourth-order valence-corrected chi connectivity index (χ4v) is 2.59. The number of nitrogens with two attached hydrogens (primary N) is 1. The quantitative estimate of drug-likeness (QED) is 0.698. The van der Waals surface area contributed by atoms with Gasteiger partial charge in [-0.25, -0.2) is 0 Å². The summed E-state index contributed by atoms with van der Waals surface area (Å²) in [5.41, 5.74) is 9.24. The summed E-state index contributed by atoms with van der Waals surface area (Å²) in [6.45, 7) is 2.34. The van der Waals surface area contributed by atoms with E-state index in [9.17, 15) is 0 Å². The molecule has 3 rings (SSSR count). The summed E-state index contributed by atoms with van der Waals surface area (Å²) in [6.07, 6.45) is 2.07. The lowest BCUT2D eigenvalue weighted by atomic mass is 10.1. The molecule has 4 nitrogen and oxygen atoms in total. The zero-order valence-electron chi connectivity index (χ0n) is 13.1. The van der Waals surface area contributed by atoms with Crippen molar-refractivity contribution < 1.29 is 9.26 Å².